The topological polar surface area (TPSA) is 43.9 Å². The lowest BCUT2D eigenvalue weighted by Crippen LogP contribution is -2.52. The summed E-state index contributed by atoms with van der Waals surface area (Å²) in [5.41, 5.74) is 0.706. The molecule has 0 unspecified atom stereocenters. The zero-order valence-electron chi connectivity index (χ0n) is 14.7. The van der Waals surface area contributed by atoms with Crippen LogP contribution in [0.3, 0.4) is 0 Å². The summed E-state index contributed by atoms with van der Waals surface area (Å²) in [4.78, 5) is 30.1. The van der Waals surface area contributed by atoms with Gasteiger partial charge in [-0.1, -0.05) is 13.8 Å². The fourth-order valence-corrected chi connectivity index (χ4v) is 2.89. The predicted octanol–water partition coefficient (Wildman–Crippen LogP) is 1.98. The molecule has 6 heteroatoms. The summed E-state index contributed by atoms with van der Waals surface area (Å²) >= 11 is 0. The van der Waals surface area contributed by atoms with Gasteiger partial charge in [-0.2, -0.15) is 0 Å². The van der Waals surface area contributed by atoms with Crippen molar-refractivity contribution in [2.75, 3.05) is 44.2 Å². The summed E-state index contributed by atoms with van der Waals surface area (Å²) in [7, 11) is 0. The van der Waals surface area contributed by atoms with Gasteiger partial charge in [-0.3, -0.25) is 14.5 Å². The van der Waals surface area contributed by atoms with Crippen molar-refractivity contribution in [1.82, 2.24) is 9.80 Å². The first kappa shape index (κ1) is 18.4. The standard InChI is InChI=1S/C18H26FN3O2/c1-4-22(16-7-5-15(19)6-8-16)17(23)13-20-9-11-21(12-10-20)18(24)14(2)3/h5-8,14H,4,9-13H2,1-3H3. The van der Waals surface area contributed by atoms with E-state index in [9.17, 15) is 14.0 Å². The Kier molecular flexibility index (Phi) is 6.31. The molecule has 0 radical (unpaired) electrons. The summed E-state index contributed by atoms with van der Waals surface area (Å²) in [6.45, 7) is 9.28. The number of amides is 2. The van der Waals surface area contributed by atoms with Gasteiger partial charge in [-0.05, 0) is 31.2 Å². The molecule has 24 heavy (non-hydrogen) atoms. The Labute approximate surface area is 143 Å². The van der Waals surface area contributed by atoms with Crippen LogP contribution in [0.15, 0.2) is 24.3 Å². The highest BCUT2D eigenvalue weighted by atomic mass is 19.1. The molecule has 1 saturated heterocycles. The van der Waals surface area contributed by atoms with E-state index in [0.717, 1.165) is 0 Å². The summed E-state index contributed by atoms with van der Waals surface area (Å²) in [6, 6.07) is 5.97. The maximum absolute atomic E-state index is 13.0. The number of halogens is 1. The van der Waals surface area contributed by atoms with Gasteiger partial charge >= 0.3 is 0 Å². The number of nitrogens with zero attached hydrogens (tertiary/aromatic N) is 3. The van der Waals surface area contributed by atoms with Gasteiger partial charge in [0, 0.05) is 44.3 Å². The lowest BCUT2D eigenvalue weighted by molar-refractivity contribution is -0.136. The van der Waals surface area contributed by atoms with Crippen LogP contribution in [0.1, 0.15) is 20.8 Å². The molecule has 132 valence electrons. The van der Waals surface area contributed by atoms with Gasteiger partial charge in [0.2, 0.25) is 11.8 Å². The molecule has 0 atom stereocenters. The summed E-state index contributed by atoms with van der Waals surface area (Å²) in [6.07, 6.45) is 0. The highest BCUT2D eigenvalue weighted by Gasteiger charge is 2.25. The minimum Gasteiger partial charge on any atom is -0.340 e. The number of rotatable bonds is 5. The van der Waals surface area contributed by atoms with E-state index in [1.54, 1.807) is 17.0 Å². The van der Waals surface area contributed by atoms with E-state index in [0.29, 0.717) is 45.0 Å². The fraction of sp³-hybridized carbons (Fsp3) is 0.556. The largest absolute Gasteiger partial charge is 0.340 e. The SMILES string of the molecule is CCN(C(=O)CN1CCN(C(=O)C(C)C)CC1)c1ccc(F)cc1. The van der Waals surface area contributed by atoms with Crippen molar-refractivity contribution in [3.8, 4) is 0 Å². The van der Waals surface area contributed by atoms with Crippen LogP contribution in [0.25, 0.3) is 0 Å². The molecular formula is C18H26FN3O2. The van der Waals surface area contributed by atoms with Crippen molar-refractivity contribution >= 4 is 17.5 Å². The molecule has 1 aromatic carbocycles. The van der Waals surface area contributed by atoms with E-state index in [1.807, 2.05) is 25.7 Å². The number of likely N-dealkylation sites (N-methyl/N-ethyl adjacent to an activating group) is 1. The van der Waals surface area contributed by atoms with Crippen LogP contribution in [0.4, 0.5) is 10.1 Å². The molecule has 0 spiro atoms. The van der Waals surface area contributed by atoms with E-state index in [2.05, 4.69) is 4.90 Å². The molecule has 2 rings (SSSR count). The molecule has 0 aromatic heterocycles. The highest BCUT2D eigenvalue weighted by molar-refractivity contribution is 5.94. The summed E-state index contributed by atoms with van der Waals surface area (Å²) in [5, 5.41) is 0. The molecule has 5 nitrogen and oxygen atoms in total. The van der Waals surface area contributed by atoms with Gasteiger partial charge < -0.3 is 9.80 Å². The number of piperazine rings is 1. The first-order chi connectivity index (χ1) is 11.4. The molecule has 0 N–H and O–H groups in total. The van der Waals surface area contributed by atoms with Crippen LogP contribution in [0.2, 0.25) is 0 Å². The van der Waals surface area contributed by atoms with Crippen molar-refractivity contribution in [1.29, 1.82) is 0 Å². The molecule has 1 fully saturated rings. The van der Waals surface area contributed by atoms with Crippen molar-refractivity contribution in [3.05, 3.63) is 30.1 Å². The summed E-state index contributed by atoms with van der Waals surface area (Å²) < 4.78 is 13.0. The minimum absolute atomic E-state index is 0.00670. The van der Waals surface area contributed by atoms with Crippen LogP contribution in [0.5, 0.6) is 0 Å². The van der Waals surface area contributed by atoms with Crippen molar-refractivity contribution < 1.29 is 14.0 Å². The second kappa shape index (κ2) is 8.24. The number of carbonyl (C=O) groups excluding carboxylic acids is 2. The van der Waals surface area contributed by atoms with Gasteiger partial charge in [0.1, 0.15) is 5.82 Å². The van der Waals surface area contributed by atoms with Crippen LogP contribution in [0, 0.1) is 11.7 Å². The average Bonchev–Trinajstić information content (AvgIpc) is 2.57. The molecule has 1 aliphatic rings. The molecular weight excluding hydrogens is 309 g/mol. The molecule has 0 aliphatic carbocycles. The Hall–Kier alpha value is -1.95. The lowest BCUT2D eigenvalue weighted by atomic mass is 10.1. The number of hydrogen-bond donors (Lipinski definition) is 0. The zero-order valence-corrected chi connectivity index (χ0v) is 14.7. The zero-order chi connectivity index (χ0) is 17.7. The highest BCUT2D eigenvalue weighted by Crippen LogP contribution is 2.15. The summed E-state index contributed by atoms with van der Waals surface area (Å²) in [5.74, 6) is -0.143. The van der Waals surface area contributed by atoms with Gasteiger partial charge in [0.25, 0.3) is 0 Å². The van der Waals surface area contributed by atoms with Crippen LogP contribution < -0.4 is 4.90 Å². The van der Waals surface area contributed by atoms with E-state index in [-0.39, 0.29) is 23.5 Å². The van der Waals surface area contributed by atoms with Crippen molar-refractivity contribution in [3.63, 3.8) is 0 Å². The second-order valence-corrected chi connectivity index (χ2v) is 6.37. The minimum atomic E-state index is -0.312. The predicted molar refractivity (Wildman–Crippen MR) is 92.3 cm³/mol. The molecule has 0 saturated carbocycles. The Balaban J connectivity index is 1.90. The third kappa shape index (κ3) is 4.54. The van der Waals surface area contributed by atoms with Gasteiger partial charge in [-0.25, -0.2) is 4.39 Å². The van der Waals surface area contributed by atoms with Gasteiger partial charge in [-0.15, -0.1) is 0 Å². The second-order valence-electron chi connectivity index (χ2n) is 6.37. The maximum atomic E-state index is 13.0. The first-order valence-electron chi connectivity index (χ1n) is 8.49. The number of anilines is 1. The van der Waals surface area contributed by atoms with E-state index < -0.39 is 0 Å². The normalized spacial score (nSPS) is 15.6. The number of hydrogen-bond acceptors (Lipinski definition) is 3. The Morgan fingerprint density at radius 1 is 1.12 bits per heavy atom. The maximum Gasteiger partial charge on any atom is 0.241 e. The quantitative estimate of drug-likeness (QED) is 0.826. The van der Waals surface area contributed by atoms with Gasteiger partial charge in [0.15, 0.2) is 0 Å². The monoisotopic (exact) mass is 335 g/mol. The molecule has 2 amide bonds. The Morgan fingerprint density at radius 2 is 1.71 bits per heavy atom. The van der Waals surface area contributed by atoms with E-state index >= 15 is 0 Å². The fourth-order valence-electron chi connectivity index (χ4n) is 2.89. The molecule has 1 aliphatic heterocycles. The third-order valence-electron chi connectivity index (χ3n) is 4.29. The van der Waals surface area contributed by atoms with Crippen molar-refractivity contribution in [2.45, 2.75) is 20.8 Å². The molecule has 1 heterocycles. The molecule has 0 bridgehead atoms. The van der Waals surface area contributed by atoms with Crippen LogP contribution in [-0.2, 0) is 9.59 Å². The van der Waals surface area contributed by atoms with E-state index in [1.165, 1.54) is 12.1 Å². The lowest BCUT2D eigenvalue weighted by Gasteiger charge is -2.36. The number of benzene rings is 1. The third-order valence-corrected chi connectivity index (χ3v) is 4.29. The molecule has 1 aromatic rings. The van der Waals surface area contributed by atoms with Crippen LogP contribution >= 0.6 is 0 Å². The van der Waals surface area contributed by atoms with Gasteiger partial charge in [0.05, 0.1) is 6.54 Å². The van der Waals surface area contributed by atoms with Crippen LogP contribution in [-0.4, -0.2) is 60.9 Å². The smallest absolute Gasteiger partial charge is 0.241 e. The van der Waals surface area contributed by atoms with E-state index in [4.69, 9.17) is 0 Å². The Bertz CT molecular complexity index is 566. The number of carbonyl (C=O) groups is 2. The average molecular weight is 335 g/mol. The Morgan fingerprint density at radius 3 is 2.21 bits per heavy atom. The first-order valence-corrected chi connectivity index (χ1v) is 8.49. The van der Waals surface area contributed by atoms with Crippen molar-refractivity contribution in [2.24, 2.45) is 5.92 Å².